The van der Waals surface area contributed by atoms with Gasteiger partial charge >= 0.3 is 0 Å². The second-order valence-electron chi connectivity index (χ2n) is 8.79. The second kappa shape index (κ2) is 9.80. The Labute approximate surface area is 214 Å². The standard InChI is InChI=1S/C27H27BrClN3O2/c1-17-15-25(32(18(2)33)23-12-8-21(29)9-13-23)24-14-7-20(28)16-26(24)31(17)27(34)19-5-10-22(11-6-19)30(3)4/h5-14,16-17,25H,15H2,1-4H3. The van der Waals surface area contributed by atoms with Crippen molar-refractivity contribution in [1.29, 1.82) is 0 Å². The van der Waals surface area contributed by atoms with Crippen LogP contribution in [0.15, 0.2) is 71.2 Å². The van der Waals surface area contributed by atoms with Crippen LogP contribution in [0, 0.1) is 0 Å². The van der Waals surface area contributed by atoms with Gasteiger partial charge in [-0.15, -0.1) is 0 Å². The highest BCUT2D eigenvalue weighted by molar-refractivity contribution is 9.10. The lowest BCUT2D eigenvalue weighted by molar-refractivity contribution is -0.117. The van der Waals surface area contributed by atoms with Crippen molar-refractivity contribution in [2.24, 2.45) is 0 Å². The number of fused-ring (bicyclic) bond motifs is 1. The fourth-order valence-corrected chi connectivity index (χ4v) is 5.05. The Kier molecular flexibility index (Phi) is 7.01. The van der Waals surface area contributed by atoms with E-state index in [9.17, 15) is 9.59 Å². The highest BCUT2D eigenvalue weighted by Gasteiger charge is 2.38. The zero-order chi connectivity index (χ0) is 24.6. The maximum atomic E-state index is 13.7. The van der Waals surface area contributed by atoms with Crippen LogP contribution in [0.4, 0.5) is 17.1 Å². The molecule has 0 aromatic heterocycles. The molecule has 0 N–H and O–H groups in total. The molecule has 5 nitrogen and oxygen atoms in total. The molecular weight excluding hydrogens is 514 g/mol. The van der Waals surface area contributed by atoms with E-state index in [0.717, 1.165) is 27.1 Å². The zero-order valence-electron chi connectivity index (χ0n) is 19.6. The minimum absolute atomic E-state index is 0.0588. The second-order valence-corrected chi connectivity index (χ2v) is 10.1. The summed E-state index contributed by atoms with van der Waals surface area (Å²) in [5, 5.41) is 0.616. The van der Waals surface area contributed by atoms with E-state index in [1.807, 2.05) is 85.4 Å². The van der Waals surface area contributed by atoms with Crippen LogP contribution in [0.1, 0.15) is 42.2 Å². The minimum atomic E-state index is -0.211. The Morgan fingerprint density at radius 2 is 1.59 bits per heavy atom. The van der Waals surface area contributed by atoms with Crippen molar-refractivity contribution in [3.8, 4) is 0 Å². The van der Waals surface area contributed by atoms with Gasteiger partial charge in [-0.3, -0.25) is 9.59 Å². The molecule has 4 rings (SSSR count). The number of nitrogens with zero attached hydrogens (tertiary/aromatic N) is 3. The lowest BCUT2D eigenvalue weighted by atomic mass is 9.89. The van der Waals surface area contributed by atoms with Gasteiger partial charge in [0.25, 0.3) is 5.91 Å². The minimum Gasteiger partial charge on any atom is -0.378 e. The first-order valence-electron chi connectivity index (χ1n) is 11.1. The van der Waals surface area contributed by atoms with Crippen LogP contribution in [-0.2, 0) is 4.79 Å². The molecule has 1 aliphatic heterocycles. The van der Waals surface area contributed by atoms with Gasteiger partial charge in [-0.25, -0.2) is 0 Å². The van der Waals surface area contributed by atoms with Gasteiger partial charge in [0.05, 0.1) is 11.7 Å². The molecule has 176 valence electrons. The van der Waals surface area contributed by atoms with E-state index in [2.05, 4.69) is 15.9 Å². The maximum absolute atomic E-state index is 13.7. The van der Waals surface area contributed by atoms with Gasteiger partial charge in [-0.05, 0) is 79.6 Å². The molecule has 0 saturated heterocycles. The molecule has 7 heteroatoms. The molecule has 0 saturated carbocycles. The third kappa shape index (κ3) is 4.70. The Hall–Kier alpha value is -2.83. The molecule has 2 atom stereocenters. The van der Waals surface area contributed by atoms with Crippen LogP contribution in [0.5, 0.6) is 0 Å². The van der Waals surface area contributed by atoms with Crippen molar-refractivity contribution in [1.82, 2.24) is 0 Å². The third-order valence-electron chi connectivity index (χ3n) is 6.22. The lowest BCUT2D eigenvalue weighted by Crippen LogP contribution is -2.47. The number of benzene rings is 3. The Bertz CT molecular complexity index is 1210. The molecule has 1 heterocycles. The summed E-state index contributed by atoms with van der Waals surface area (Å²) in [7, 11) is 3.94. The number of carbonyl (C=O) groups excluding carboxylic acids is 2. The van der Waals surface area contributed by atoms with Crippen LogP contribution in [0.3, 0.4) is 0 Å². The molecule has 3 aromatic rings. The number of hydrogen-bond donors (Lipinski definition) is 0. The molecule has 0 aliphatic carbocycles. The number of carbonyl (C=O) groups is 2. The number of anilines is 3. The highest BCUT2D eigenvalue weighted by atomic mass is 79.9. The van der Waals surface area contributed by atoms with Crippen molar-refractivity contribution in [3.05, 3.63) is 87.4 Å². The molecule has 0 fully saturated rings. The van der Waals surface area contributed by atoms with Crippen LogP contribution in [-0.4, -0.2) is 32.0 Å². The topological polar surface area (TPSA) is 43.9 Å². The van der Waals surface area contributed by atoms with Crippen molar-refractivity contribution in [2.75, 3.05) is 28.8 Å². The lowest BCUT2D eigenvalue weighted by Gasteiger charge is -2.43. The molecule has 0 radical (unpaired) electrons. The molecule has 2 amide bonds. The summed E-state index contributed by atoms with van der Waals surface area (Å²) in [6.07, 6.45) is 0.609. The first-order valence-corrected chi connectivity index (χ1v) is 12.3. The van der Waals surface area contributed by atoms with Crippen molar-refractivity contribution in [3.63, 3.8) is 0 Å². The van der Waals surface area contributed by atoms with E-state index in [0.29, 0.717) is 17.0 Å². The van der Waals surface area contributed by atoms with Crippen LogP contribution >= 0.6 is 27.5 Å². The maximum Gasteiger partial charge on any atom is 0.258 e. The number of amides is 2. The zero-order valence-corrected chi connectivity index (χ0v) is 22.0. The Morgan fingerprint density at radius 3 is 2.18 bits per heavy atom. The van der Waals surface area contributed by atoms with E-state index in [1.165, 1.54) is 0 Å². The van der Waals surface area contributed by atoms with Gasteiger partial charge in [-0.2, -0.15) is 0 Å². The molecule has 1 aliphatic rings. The van der Waals surface area contributed by atoms with E-state index in [-0.39, 0.29) is 23.9 Å². The molecular formula is C27H27BrClN3O2. The fraction of sp³-hybridized carbons (Fsp3) is 0.259. The summed E-state index contributed by atoms with van der Waals surface area (Å²) in [6.45, 7) is 3.60. The number of hydrogen-bond acceptors (Lipinski definition) is 3. The predicted octanol–water partition coefficient (Wildman–Crippen LogP) is 6.70. The average Bonchev–Trinajstić information content (AvgIpc) is 2.80. The smallest absolute Gasteiger partial charge is 0.258 e. The molecule has 0 spiro atoms. The molecule has 3 aromatic carbocycles. The molecule has 34 heavy (non-hydrogen) atoms. The SMILES string of the molecule is CC(=O)N(c1ccc(Cl)cc1)C1CC(C)N(C(=O)c2ccc(N(C)C)cc2)c2cc(Br)ccc21. The first-order chi connectivity index (χ1) is 16.2. The van der Waals surface area contributed by atoms with Gasteiger partial charge in [0.15, 0.2) is 0 Å². The fourth-order valence-electron chi connectivity index (χ4n) is 4.58. The highest BCUT2D eigenvalue weighted by Crippen LogP contribution is 2.44. The first kappa shape index (κ1) is 24.3. The average molecular weight is 541 g/mol. The number of halogens is 2. The summed E-state index contributed by atoms with van der Waals surface area (Å²) in [5.41, 5.74) is 4.18. The van der Waals surface area contributed by atoms with Crippen LogP contribution in [0.2, 0.25) is 5.02 Å². The van der Waals surface area contributed by atoms with Crippen LogP contribution in [0.25, 0.3) is 0 Å². The summed E-state index contributed by atoms with van der Waals surface area (Å²) in [6, 6.07) is 20.5. The van der Waals surface area contributed by atoms with E-state index in [4.69, 9.17) is 11.6 Å². The largest absolute Gasteiger partial charge is 0.378 e. The Balaban J connectivity index is 1.77. The van der Waals surface area contributed by atoms with Gasteiger partial charge in [0.1, 0.15) is 0 Å². The summed E-state index contributed by atoms with van der Waals surface area (Å²) in [4.78, 5) is 32.2. The molecule has 0 bridgehead atoms. The van der Waals surface area contributed by atoms with Gasteiger partial charge in [-0.1, -0.05) is 33.6 Å². The number of rotatable bonds is 4. The predicted molar refractivity (Wildman–Crippen MR) is 143 cm³/mol. The molecule has 2 unspecified atom stereocenters. The van der Waals surface area contributed by atoms with Crippen molar-refractivity contribution < 1.29 is 9.59 Å². The van der Waals surface area contributed by atoms with Crippen molar-refractivity contribution >= 4 is 56.4 Å². The summed E-state index contributed by atoms with van der Waals surface area (Å²) >= 11 is 9.66. The van der Waals surface area contributed by atoms with E-state index in [1.54, 1.807) is 24.0 Å². The summed E-state index contributed by atoms with van der Waals surface area (Å²) in [5.74, 6) is -0.121. The van der Waals surface area contributed by atoms with Gasteiger partial charge in [0, 0.05) is 53.5 Å². The van der Waals surface area contributed by atoms with Gasteiger partial charge < -0.3 is 14.7 Å². The summed E-state index contributed by atoms with van der Waals surface area (Å²) < 4.78 is 0.876. The monoisotopic (exact) mass is 539 g/mol. The van der Waals surface area contributed by atoms with Crippen molar-refractivity contribution in [2.45, 2.75) is 32.4 Å². The van der Waals surface area contributed by atoms with E-state index >= 15 is 0 Å². The van der Waals surface area contributed by atoms with Gasteiger partial charge in [0.2, 0.25) is 5.91 Å². The Morgan fingerprint density at radius 1 is 0.971 bits per heavy atom. The quantitative estimate of drug-likeness (QED) is 0.370. The normalized spacial score (nSPS) is 17.2. The third-order valence-corrected chi connectivity index (χ3v) is 6.97. The van der Waals surface area contributed by atoms with E-state index < -0.39 is 0 Å². The van der Waals surface area contributed by atoms with Crippen LogP contribution < -0.4 is 14.7 Å².